The molecular formula is C19H16F2N2O2. The Morgan fingerprint density at radius 2 is 1.88 bits per heavy atom. The normalized spacial score (nSPS) is 21.7. The molecule has 4 rings (SSSR count). The number of aromatic nitrogens is 2. The quantitative estimate of drug-likeness (QED) is 0.725. The molecule has 4 nitrogen and oxygen atoms in total. The summed E-state index contributed by atoms with van der Waals surface area (Å²) >= 11 is 0. The van der Waals surface area contributed by atoms with E-state index < -0.39 is 17.0 Å². The molecule has 0 radical (unpaired) electrons. The molecule has 1 saturated heterocycles. The van der Waals surface area contributed by atoms with Gasteiger partial charge in [-0.15, -0.1) is 0 Å². The highest BCUT2D eigenvalue weighted by atomic mass is 19.1. The zero-order valence-corrected chi connectivity index (χ0v) is 13.3. The van der Waals surface area contributed by atoms with Crippen LogP contribution in [0.5, 0.6) is 0 Å². The van der Waals surface area contributed by atoms with Crippen molar-refractivity contribution in [3.05, 3.63) is 90.0 Å². The van der Waals surface area contributed by atoms with Crippen LogP contribution in [0.25, 0.3) is 0 Å². The van der Waals surface area contributed by atoms with E-state index in [-0.39, 0.29) is 24.5 Å². The number of hydrogen-bond donors (Lipinski definition) is 1. The number of halogens is 2. The van der Waals surface area contributed by atoms with E-state index in [2.05, 4.69) is 4.98 Å². The maximum atomic E-state index is 14.6. The minimum Gasteiger partial charge on any atom is -0.380 e. The van der Waals surface area contributed by atoms with Crippen molar-refractivity contribution in [2.75, 3.05) is 6.61 Å². The Kier molecular flexibility index (Phi) is 3.67. The summed E-state index contributed by atoms with van der Waals surface area (Å²) in [5.74, 6) is -0.911. The van der Waals surface area contributed by atoms with E-state index in [1.165, 1.54) is 18.2 Å². The second-order valence-corrected chi connectivity index (χ2v) is 6.20. The van der Waals surface area contributed by atoms with Gasteiger partial charge < -0.3 is 14.4 Å². The molecule has 0 saturated carbocycles. The number of rotatable bonds is 5. The van der Waals surface area contributed by atoms with Gasteiger partial charge in [0.2, 0.25) is 0 Å². The van der Waals surface area contributed by atoms with Gasteiger partial charge in [-0.3, -0.25) is 0 Å². The Morgan fingerprint density at radius 1 is 1.16 bits per heavy atom. The number of imidazole rings is 1. The smallest absolute Gasteiger partial charge is 0.151 e. The van der Waals surface area contributed by atoms with Crippen molar-refractivity contribution in [1.82, 2.24) is 9.55 Å². The second-order valence-electron chi connectivity index (χ2n) is 6.20. The highest BCUT2D eigenvalue weighted by Gasteiger charge is 2.64. The minimum atomic E-state index is -1.68. The first-order chi connectivity index (χ1) is 12.1. The van der Waals surface area contributed by atoms with Gasteiger partial charge in [0.1, 0.15) is 17.2 Å². The van der Waals surface area contributed by atoms with Crippen molar-refractivity contribution < 1.29 is 18.6 Å². The molecule has 6 heteroatoms. The van der Waals surface area contributed by atoms with Gasteiger partial charge in [0.25, 0.3) is 0 Å². The third kappa shape index (κ3) is 2.54. The van der Waals surface area contributed by atoms with E-state index >= 15 is 0 Å². The molecular weight excluding hydrogens is 326 g/mol. The van der Waals surface area contributed by atoms with E-state index in [1.807, 2.05) is 0 Å². The summed E-state index contributed by atoms with van der Waals surface area (Å²) < 4.78 is 35.2. The van der Waals surface area contributed by atoms with Crippen LogP contribution < -0.4 is 0 Å². The molecule has 2 aromatic carbocycles. The van der Waals surface area contributed by atoms with Crippen LogP contribution in [0.15, 0.2) is 67.3 Å². The lowest BCUT2D eigenvalue weighted by molar-refractivity contribution is -0.0635. The predicted molar refractivity (Wildman–Crippen MR) is 86.6 cm³/mol. The third-order valence-electron chi connectivity index (χ3n) is 4.70. The molecule has 25 heavy (non-hydrogen) atoms. The van der Waals surface area contributed by atoms with Crippen LogP contribution in [0.1, 0.15) is 11.1 Å². The number of epoxide rings is 1. The van der Waals surface area contributed by atoms with Crippen molar-refractivity contribution in [3.63, 3.8) is 0 Å². The molecule has 0 aliphatic carbocycles. The highest BCUT2D eigenvalue weighted by molar-refractivity contribution is 5.38. The predicted octanol–water partition coefficient (Wildman–Crippen LogP) is 2.97. The molecule has 2 heterocycles. The summed E-state index contributed by atoms with van der Waals surface area (Å²) in [6, 6.07) is 11.8. The number of nitrogens with zero attached hydrogens (tertiary/aromatic N) is 2. The monoisotopic (exact) mass is 342 g/mol. The fraction of sp³-hybridized carbons (Fsp3) is 0.211. The van der Waals surface area contributed by atoms with Gasteiger partial charge >= 0.3 is 0 Å². The summed E-state index contributed by atoms with van der Waals surface area (Å²) in [5.41, 5.74) is -2.10. The van der Waals surface area contributed by atoms with Crippen molar-refractivity contribution in [3.8, 4) is 0 Å². The van der Waals surface area contributed by atoms with Crippen LogP contribution in [0.3, 0.4) is 0 Å². The summed E-state index contributed by atoms with van der Waals surface area (Å²) in [5, 5.41) is 11.6. The zero-order valence-electron chi connectivity index (χ0n) is 13.3. The summed E-state index contributed by atoms with van der Waals surface area (Å²) in [6.45, 7) is 0.253. The van der Waals surface area contributed by atoms with E-state index in [0.717, 1.165) is 0 Å². The Hall–Kier alpha value is -2.57. The van der Waals surface area contributed by atoms with Gasteiger partial charge in [0.15, 0.2) is 5.60 Å². The third-order valence-corrected chi connectivity index (χ3v) is 4.70. The van der Waals surface area contributed by atoms with E-state index in [4.69, 9.17) is 4.74 Å². The standard InChI is InChI=1S/C19H16F2N2O2/c20-15-7-5-14(6-8-15)19(12-25-19)18(24,11-23-10-9-22-13-23)16-3-1-2-4-17(16)21/h1-10,13,24H,11-12H2. The first-order valence-corrected chi connectivity index (χ1v) is 7.88. The molecule has 1 aliphatic rings. The molecule has 2 unspecified atom stereocenters. The first kappa shape index (κ1) is 15.9. The van der Waals surface area contributed by atoms with E-state index in [1.54, 1.807) is 53.6 Å². The van der Waals surface area contributed by atoms with Crippen LogP contribution in [0, 0.1) is 11.6 Å². The number of ether oxygens (including phenoxy) is 1. The van der Waals surface area contributed by atoms with Crippen molar-refractivity contribution in [2.24, 2.45) is 0 Å². The van der Waals surface area contributed by atoms with Gasteiger partial charge in [0.05, 0.1) is 19.5 Å². The molecule has 0 bridgehead atoms. The average Bonchev–Trinajstić information content (AvgIpc) is 3.28. The molecule has 0 spiro atoms. The maximum absolute atomic E-state index is 14.6. The molecule has 2 atom stereocenters. The Bertz CT molecular complexity index is 877. The van der Waals surface area contributed by atoms with Crippen LogP contribution in [0.2, 0.25) is 0 Å². The van der Waals surface area contributed by atoms with Gasteiger partial charge in [0, 0.05) is 18.0 Å². The second kappa shape index (κ2) is 5.75. The van der Waals surface area contributed by atoms with E-state index in [0.29, 0.717) is 5.56 Å². The highest BCUT2D eigenvalue weighted by Crippen LogP contribution is 2.54. The molecule has 0 amide bonds. The fourth-order valence-corrected chi connectivity index (χ4v) is 3.31. The Balaban J connectivity index is 1.86. The molecule has 1 aromatic heterocycles. The molecule has 1 N–H and O–H groups in total. The largest absolute Gasteiger partial charge is 0.380 e. The SMILES string of the molecule is OC(Cn1ccnc1)(c1ccccc1F)C1(c2ccc(F)cc2)CO1. The first-order valence-electron chi connectivity index (χ1n) is 7.88. The maximum Gasteiger partial charge on any atom is 0.151 e. The van der Waals surface area contributed by atoms with Gasteiger partial charge in [-0.05, 0) is 23.8 Å². The molecule has 3 aromatic rings. The number of aliphatic hydroxyl groups is 1. The fourth-order valence-electron chi connectivity index (χ4n) is 3.31. The summed E-state index contributed by atoms with van der Waals surface area (Å²) in [7, 11) is 0. The van der Waals surface area contributed by atoms with Gasteiger partial charge in [-0.1, -0.05) is 30.3 Å². The minimum absolute atomic E-state index is 0.0469. The average molecular weight is 342 g/mol. The van der Waals surface area contributed by atoms with E-state index in [9.17, 15) is 13.9 Å². The van der Waals surface area contributed by atoms with Crippen molar-refractivity contribution in [2.45, 2.75) is 17.7 Å². The number of hydrogen-bond acceptors (Lipinski definition) is 3. The van der Waals surface area contributed by atoms with Crippen LogP contribution >= 0.6 is 0 Å². The topological polar surface area (TPSA) is 50.6 Å². The molecule has 128 valence electrons. The van der Waals surface area contributed by atoms with Crippen molar-refractivity contribution in [1.29, 1.82) is 0 Å². The zero-order chi connectivity index (χ0) is 17.5. The Morgan fingerprint density at radius 3 is 2.48 bits per heavy atom. The lowest BCUT2D eigenvalue weighted by Crippen LogP contribution is -2.45. The summed E-state index contributed by atoms with van der Waals surface area (Å²) in [4.78, 5) is 3.98. The lowest BCUT2D eigenvalue weighted by atomic mass is 9.76. The lowest BCUT2D eigenvalue weighted by Gasteiger charge is -2.35. The van der Waals surface area contributed by atoms with Crippen LogP contribution in [-0.2, 0) is 22.5 Å². The molecule has 1 fully saturated rings. The Labute approximate surface area is 143 Å². The molecule has 1 aliphatic heterocycles. The van der Waals surface area contributed by atoms with Crippen LogP contribution in [0.4, 0.5) is 8.78 Å². The summed E-state index contributed by atoms with van der Waals surface area (Å²) in [6.07, 6.45) is 4.82. The number of benzene rings is 2. The van der Waals surface area contributed by atoms with Crippen molar-refractivity contribution >= 4 is 0 Å². The van der Waals surface area contributed by atoms with Gasteiger partial charge in [-0.2, -0.15) is 0 Å². The van der Waals surface area contributed by atoms with Gasteiger partial charge in [-0.25, -0.2) is 13.8 Å². The van der Waals surface area contributed by atoms with Crippen LogP contribution in [-0.4, -0.2) is 21.3 Å².